The molecule has 0 aromatic heterocycles. The van der Waals surface area contributed by atoms with Crippen molar-refractivity contribution in [3.63, 3.8) is 0 Å². The molecule has 2 aromatic rings. The molecule has 0 aliphatic carbocycles. The number of benzene rings is 2. The Balaban J connectivity index is 2.09. The lowest BCUT2D eigenvalue weighted by Crippen LogP contribution is -2.23. The van der Waals surface area contributed by atoms with E-state index in [1.54, 1.807) is 14.2 Å². The van der Waals surface area contributed by atoms with Crippen LogP contribution in [0.4, 0.5) is 0 Å². The van der Waals surface area contributed by atoms with Gasteiger partial charge in [-0.2, -0.15) is 4.52 Å². The topological polar surface area (TPSA) is 46.2 Å². The van der Waals surface area contributed by atoms with Crippen molar-refractivity contribution >= 4 is 8.17 Å². The largest absolute Gasteiger partial charge is 0.576 e. The van der Waals surface area contributed by atoms with Crippen LogP contribution in [0, 0.1) is 0 Å². The highest BCUT2D eigenvalue weighted by Gasteiger charge is 2.52. The first kappa shape index (κ1) is 20.8. The van der Waals surface area contributed by atoms with E-state index in [1.807, 2.05) is 75.4 Å². The van der Waals surface area contributed by atoms with Gasteiger partial charge in [0.1, 0.15) is 24.6 Å². The predicted octanol–water partition coefficient (Wildman–Crippen LogP) is 5.57. The third-order valence-electron chi connectivity index (χ3n) is 3.39. The van der Waals surface area contributed by atoms with E-state index in [9.17, 15) is 0 Å². The van der Waals surface area contributed by atoms with Crippen LogP contribution in [0.5, 0.6) is 5.75 Å². The number of rotatable bonds is 9. The maximum Gasteiger partial charge on any atom is 0.576 e. The van der Waals surface area contributed by atoms with Crippen molar-refractivity contribution in [2.45, 2.75) is 39.6 Å². The second kappa shape index (κ2) is 9.45. The first-order valence-electron chi connectivity index (χ1n) is 8.47. The zero-order valence-electron chi connectivity index (χ0n) is 16.1. The van der Waals surface area contributed by atoms with Crippen LogP contribution < -0.4 is 4.74 Å². The zero-order chi connectivity index (χ0) is 19.0. The highest BCUT2D eigenvalue weighted by molar-refractivity contribution is 7.56. The van der Waals surface area contributed by atoms with Crippen LogP contribution in [0.2, 0.25) is 0 Å². The van der Waals surface area contributed by atoms with Gasteiger partial charge in [-0.25, -0.2) is 0 Å². The van der Waals surface area contributed by atoms with E-state index >= 15 is 0 Å². The summed E-state index contributed by atoms with van der Waals surface area (Å²) in [6, 6.07) is 17.5. The van der Waals surface area contributed by atoms with Crippen LogP contribution in [0.15, 0.2) is 54.6 Å². The van der Waals surface area contributed by atoms with Crippen LogP contribution in [0.25, 0.3) is 0 Å². The van der Waals surface area contributed by atoms with Crippen molar-refractivity contribution in [2.75, 3.05) is 14.2 Å². The molecule has 0 fully saturated rings. The molecular weight excluding hydrogens is 351 g/mol. The molecular formula is C20H28O5P+. The first-order chi connectivity index (χ1) is 12.4. The summed E-state index contributed by atoms with van der Waals surface area (Å²) in [6.45, 7) is 6.51. The average Bonchev–Trinajstić information content (AvgIpc) is 2.64. The minimum atomic E-state index is -2.98. The van der Waals surface area contributed by atoms with E-state index in [0.717, 1.165) is 16.9 Å². The molecule has 5 nitrogen and oxygen atoms in total. The van der Waals surface area contributed by atoms with E-state index in [1.165, 1.54) is 0 Å². The van der Waals surface area contributed by atoms with E-state index < -0.39 is 13.8 Å². The fourth-order valence-corrected chi connectivity index (χ4v) is 3.92. The van der Waals surface area contributed by atoms with Crippen LogP contribution in [-0.2, 0) is 31.3 Å². The summed E-state index contributed by atoms with van der Waals surface area (Å²) < 4.78 is 29.0. The molecule has 26 heavy (non-hydrogen) atoms. The summed E-state index contributed by atoms with van der Waals surface area (Å²) in [5, 5.41) is 0. The highest BCUT2D eigenvalue weighted by Crippen LogP contribution is 2.65. The maximum absolute atomic E-state index is 6.08. The van der Waals surface area contributed by atoms with Crippen LogP contribution in [-0.4, -0.2) is 19.8 Å². The van der Waals surface area contributed by atoms with Crippen molar-refractivity contribution in [3.05, 3.63) is 65.7 Å². The minimum Gasteiger partial charge on any atom is -0.497 e. The second-order valence-electron chi connectivity index (χ2n) is 6.71. The predicted molar refractivity (Wildman–Crippen MR) is 104 cm³/mol. The lowest BCUT2D eigenvalue weighted by atomic mass is 10.2. The van der Waals surface area contributed by atoms with Gasteiger partial charge in [0.2, 0.25) is 0 Å². The van der Waals surface area contributed by atoms with Gasteiger partial charge in [0, 0.05) is 0 Å². The second-order valence-corrected chi connectivity index (χ2v) is 8.67. The molecule has 2 rings (SSSR count). The molecule has 0 saturated carbocycles. The lowest BCUT2D eigenvalue weighted by molar-refractivity contribution is 0.00251. The Kier molecular flexibility index (Phi) is 7.56. The fourth-order valence-electron chi connectivity index (χ4n) is 2.17. The van der Waals surface area contributed by atoms with Gasteiger partial charge >= 0.3 is 8.17 Å². The molecule has 0 N–H and O–H groups in total. The Labute approximate surface area is 156 Å². The molecule has 0 aliphatic heterocycles. The monoisotopic (exact) mass is 379 g/mol. The molecule has 0 saturated heterocycles. The number of methoxy groups -OCH3 is 1. The summed E-state index contributed by atoms with van der Waals surface area (Å²) in [6.07, 6.45) is 0. The number of ether oxygens (including phenoxy) is 1. The van der Waals surface area contributed by atoms with Crippen molar-refractivity contribution in [2.24, 2.45) is 0 Å². The Hall–Kier alpha value is -1.49. The van der Waals surface area contributed by atoms with Crippen LogP contribution >= 0.6 is 8.17 Å². The SMILES string of the molecule is COc1ccc(CO[P+](OC)(OCc2ccccc2)OC(C)(C)C)cc1. The quantitative estimate of drug-likeness (QED) is 0.533. The Bertz CT molecular complexity index is 654. The summed E-state index contributed by atoms with van der Waals surface area (Å²) in [4.78, 5) is 0. The normalized spacial score (nSPS) is 14.0. The zero-order valence-corrected chi connectivity index (χ0v) is 17.0. The van der Waals surface area contributed by atoms with E-state index in [2.05, 4.69) is 0 Å². The summed E-state index contributed by atoms with van der Waals surface area (Å²) in [7, 11) is 0.215. The summed E-state index contributed by atoms with van der Waals surface area (Å²) >= 11 is 0. The van der Waals surface area contributed by atoms with Gasteiger partial charge in [-0.05, 0) is 44.0 Å². The van der Waals surface area contributed by atoms with E-state index in [-0.39, 0.29) is 0 Å². The molecule has 1 atom stereocenters. The molecule has 2 aromatic carbocycles. The van der Waals surface area contributed by atoms with Crippen molar-refractivity contribution < 1.29 is 22.8 Å². The molecule has 0 spiro atoms. The number of hydrogen-bond acceptors (Lipinski definition) is 5. The molecule has 142 valence electrons. The molecule has 0 radical (unpaired) electrons. The first-order valence-corrected chi connectivity index (χ1v) is 9.93. The van der Waals surface area contributed by atoms with Gasteiger partial charge < -0.3 is 4.74 Å². The van der Waals surface area contributed by atoms with Crippen molar-refractivity contribution in [3.8, 4) is 5.75 Å². The molecule has 0 amide bonds. The molecule has 0 heterocycles. The third-order valence-corrected chi connectivity index (χ3v) is 5.50. The standard InChI is InChI=1S/C20H28O5P/c1-20(2,3)25-26(22-5,23-15-17-9-7-6-8-10-17)24-16-18-11-13-19(21-4)14-12-18/h6-14H,15-16H2,1-5H3/q+1. The molecule has 0 aliphatic rings. The Morgan fingerprint density at radius 1 is 0.769 bits per heavy atom. The van der Waals surface area contributed by atoms with Gasteiger partial charge in [-0.1, -0.05) is 42.5 Å². The smallest absolute Gasteiger partial charge is 0.497 e. The maximum atomic E-state index is 6.08. The van der Waals surface area contributed by atoms with Gasteiger partial charge in [0.25, 0.3) is 0 Å². The Morgan fingerprint density at radius 2 is 1.31 bits per heavy atom. The molecule has 1 unspecified atom stereocenters. The van der Waals surface area contributed by atoms with Gasteiger partial charge in [-0.3, -0.25) is 0 Å². The van der Waals surface area contributed by atoms with Gasteiger partial charge in [0.15, 0.2) is 0 Å². The molecule has 0 bridgehead atoms. The minimum absolute atomic E-state index is 0.316. The lowest BCUT2D eigenvalue weighted by Gasteiger charge is -2.25. The van der Waals surface area contributed by atoms with E-state index in [0.29, 0.717) is 13.2 Å². The van der Waals surface area contributed by atoms with Gasteiger partial charge in [-0.15, -0.1) is 13.6 Å². The Morgan fingerprint density at radius 3 is 1.77 bits per heavy atom. The summed E-state index contributed by atoms with van der Waals surface area (Å²) in [5.74, 6) is 0.799. The third kappa shape index (κ3) is 6.67. The fraction of sp³-hybridized carbons (Fsp3) is 0.400. The number of hydrogen-bond donors (Lipinski definition) is 0. The molecule has 6 heteroatoms. The van der Waals surface area contributed by atoms with Gasteiger partial charge in [0.05, 0.1) is 14.2 Å². The summed E-state index contributed by atoms with van der Waals surface area (Å²) in [5.41, 5.74) is 1.54. The van der Waals surface area contributed by atoms with Crippen LogP contribution in [0.3, 0.4) is 0 Å². The average molecular weight is 379 g/mol. The highest BCUT2D eigenvalue weighted by atomic mass is 31.2. The van der Waals surface area contributed by atoms with E-state index in [4.69, 9.17) is 22.8 Å². The van der Waals surface area contributed by atoms with Crippen molar-refractivity contribution in [1.29, 1.82) is 0 Å². The van der Waals surface area contributed by atoms with Crippen molar-refractivity contribution in [1.82, 2.24) is 0 Å². The van der Waals surface area contributed by atoms with Crippen LogP contribution in [0.1, 0.15) is 31.9 Å².